The summed E-state index contributed by atoms with van der Waals surface area (Å²) in [6, 6.07) is 12.8. The Bertz CT molecular complexity index is 987. The van der Waals surface area contributed by atoms with E-state index >= 15 is 0 Å². The van der Waals surface area contributed by atoms with Gasteiger partial charge in [-0.1, -0.05) is 24.3 Å². The Kier molecular flexibility index (Phi) is 4.70. The quantitative estimate of drug-likeness (QED) is 0.699. The molecule has 4 nitrogen and oxygen atoms in total. The minimum absolute atomic E-state index is 0.111. The van der Waals surface area contributed by atoms with Crippen LogP contribution in [-0.2, 0) is 6.54 Å². The maximum absolute atomic E-state index is 13.5. The minimum Gasteiger partial charge on any atom is -0.451 e. The van der Waals surface area contributed by atoms with Crippen LogP contribution in [0.15, 0.2) is 46.9 Å². The van der Waals surface area contributed by atoms with Gasteiger partial charge in [0.25, 0.3) is 5.91 Å². The van der Waals surface area contributed by atoms with Crippen LogP contribution in [0.2, 0.25) is 0 Å². The number of fused-ring (bicyclic) bond motifs is 1. The molecule has 3 aromatic rings. The summed E-state index contributed by atoms with van der Waals surface area (Å²) in [5.41, 5.74) is 3.88. The first kappa shape index (κ1) is 17.7. The fourth-order valence-corrected chi connectivity index (χ4v) is 3.68. The van der Waals surface area contributed by atoms with Crippen molar-refractivity contribution in [2.75, 3.05) is 26.2 Å². The van der Waals surface area contributed by atoms with Gasteiger partial charge in [-0.25, -0.2) is 4.39 Å². The standard InChI is InChI=1S/C22H23FN2O2/c1-15-5-3-4-6-17(15)14-24-9-11-25(12-10-24)22(26)21-16(2)19-13-18(23)7-8-20(19)27-21/h3-8,13H,9-12,14H2,1-2H3. The molecule has 0 aliphatic carbocycles. The summed E-state index contributed by atoms with van der Waals surface area (Å²) in [6.45, 7) is 7.82. The fraction of sp³-hybridized carbons (Fsp3) is 0.318. The second-order valence-corrected chi connectivity index (χ2v) is 7.19. The Hall–Kier alpha value is -2.66. The molecule has 1 aromatic heterocycles. The van der Waals surface area contributed by atoms with Crippen molar-refractivity contribution in [2.45, 2.75) is 20.4 Å². The Morgan fingerprint density at radius 1 is 1.07 bits per heavy atom. The zero-order valence-electron chi connectivity index (χ0n) is 15.7. The third kappa shape index (κ3) is 3.47. The molecule has 1 saturated heterocycles. The van der Waals surface area contributed by atoms with E-state index in [9.17, 15) is 9.18 Å². The Labute approximate surface area is 158 Å². The van der Waals surface area contributed by atoms with E-state index in [1.165, 1.54) is 23.3 Å². The molecule has 2 heterocycles. The van der Waals surface area contributed by atoms with Gasteiger partial charge in [0.15, 0.2) is 5.76 Å². The molecule has 2 aromatic carbocycles. The molecule has 0 N–H and O–H groups in total. The van der Waals surface area contributed by atoms with Crippen molar-refractivity contribution in [3.05, 3.63) is 70.7 Å². The number of piperazine rings is 1. The molecule has 5 heteroatoms. The highest BCUT2D eigenvalue weighted by Crippen LogP contribution is 2.27. The van der Waals surface area contributed by atoms with E-state index in [-0.39, 0.29) is 11.7 Å². The molecular weight excluding hydrogens is 343 g/mol. The number of carbonyl (C=O) groups excluding carboxylic acids is 1. The van der Waals surface area contributed by atoms with Crippen LogP contribution in [0.1, 0.15) is 27.2 Å². The number of nitrogens with zero attached hydrogens (tertiary/aromatic N) is 2. The average Bonchev–Trinajstić information content (AvgIpc) is 3.00. The lowest BCUT2D eigenvalue weighted by molar-refractivity contribution is 0.0599. The summed E-state index contributed by atoms with van der Waals surface area (Å²) in [6.07, 6.45) is 0. The molecule has 1 fully saturated rings. The number of halogens is 1. The van der Waals surface area contributed by atoms with Gasteiger partial charge >= 0.3 is 0 Å². The first-order valence-corrected chi connectivity index (χ1v) is 9.28. The highest BCUT2D eigenvalue weighted by molar-refractivity contribution is 5.99. The molecule has 0 unspecified atom stereocenters. The zero-order valence-corrected chi connectivity index (χ0v) is 15.7. The van der Waals surface area contributed by atoms with Crippen molar-refractivity contribution in [3.63, 3.8) is 0 Å². The third-order valence-electron chi connectivity index (χ3n) is 5.41. The number of benzene rings is 2. The van der Waals surface area contributed by atoms with Crippen molar-refractivity contribution in [3.8, 4) is 0 Å². The van der Waals surface area contributed by atoms with Gasteiger partial charge in [0, 0.05) is 43.7 Å². The van der Waals surface area contributed by atoms with E-state index in [2.05, 4.69) is 36.1 Å². The monoisotopic (exact) mass is 366 g/mol. The normalized spacial score (nSPS) is 15.4. The summed E-state index contributed by atoms with van der Waals surface area (Å²) in [4.78, 5) is 17.1. The predicted molar refractivity (Wildman–Crippen MR) is 103 cm³/mol. The van der Waals surface area contributed by atoms with Crippen LogP contribution in [0.5, 0.6) is 0 Å². The van der Waals surface area contributed by atoms with E-state index in [1.54, 1.807) is 6.07 Å². The van der Waals surface area contributed by atoms with Gasteiger partial charge in [0.2, 0.25) is 0 Å². The number of carbonyl (C=O) groups is 1. The summed E-state index contributed by atoms with van der Waals surface area (Å²) in [5.74, 6) is -0.113. The topological polar surface area (TPSA) is 36.7 Å². The van der Waals surface area contributed by atoms with E-state index in [0.29, 0.717) is 35.4 Å². The van der Waals surface area contributed by atoms with Crippen molar-refractivity contribution < 1.29 is 13.6 Å². The predicted octanol–water partition coefficient (Wildman–Crippen LogP) is 4.15. The number of amides is 1. The van der Waals surface area contributed by atoms with Gasteiger partial charge in [0.05, 0.1) is 0 Å². The molecule has 0 atom stereocenters. The molecule has 140 valence electrons. The SMILES string of the molecule is Cc1ccccc1CN1CCN(C(=O)c2oc3ccc(F)cc3c2C)CC1. The average molecular weight is 366 g/mol. The molecule has 0 spiro atoms. The summed E-state index contributed by atoms with van der Waals surface area (Å²) >= 11 is 0. The van der Waals surface area contributed by atoms with Crippen molar-refractivity contribution >= 4 is 16.9 Å². The summed E-state index contributed by atoms with van der Waals surface area (Å²) in [5, 5.41) is 0.663. The van der Waals surface area contributed by atoms with E-state index < -0.39 is 0 Å². The van der Waals surface area contributed by atoms with Crippen LogP contribution in [0.25, 0.3) is 11.0 Å². The van der Waals surface area contributed by atoms with Crippen LogP contribution in [0.4, 0.5) is 4.39 Å². The molecule has 0 saturated carbocycles. The van der Waals surface area contributed by atoms with Gasteiger partial charge in [-0.15, -0.1) is 0 Å². The highest BCUT2D eigenvalue weighted by atomic mass is 19.1. The van der Waals surface area contributed by atoms with E-state index in [0.717, 1.165) is 19.6 Å². The van der Waals surface area contributed by atoms with Crippen LogP contribution in [0, 0.1) is 19.7 Å². The maximum atomic E-state index is 13.5. The molecular formula is C22H23FN2O2. The van der Waals surface area contributed by atoms with Crippen molar-refractivity contribution in [1.29, 1.82) is 0 Å². The molecule has 27 heavy (non-hydrogen) atoms. The van der Waals surface area contributed by atoms with Gasteiger partial charge in [-0.2, -0.15) is 0 Å². The second-order valence-electron chi connectivity index (χ2n) is 7.19. The number of aryl methyl sites for hydroxylation is 2. The lowest BCUT2D eigenvalue weighted by atomic mass is 10.1. The van der Waals surface area contributed by atoms with Gasteiger partial charge in [-0.3, -0.25) is 9.69 Å². The zero-order chi connectivity index (χ0) is 19.0. The number of furan rings is 1. The Morgan fingerprint density at radius 3 is 2.56 bits per heavy atom. The molecule has 1 aliphatic heterocycles. The van der Waals surface area contributed by atoms with Crippen LogP contribution < -0.4 is 0 Å². The molecule has 1 aliphatic rings. The lowest BCUT2D eigenvalue weighted by Crippen LogP contribution is -2.48. The van der Waals surface area contributed by atoms with Gasteiger partial charge < -0.3 is 9.32 Å². The molecule has 4 rings (SSSR count). The van der Waals surface area contributed by atoms with E-state index in [4.69, 9.17) is 4.42 Å². The smallest absolute Gasteiger partial charge is 0.289 e. The number of hydrogen-bond acceptors (Lipinski definition) is 3. The minimum atomic E-state index is -0.324. The highest BCUT2D eigenvalue weighted by Gasteiger charge is 2.27. The Morgan fingerprint density at radius 2 is 1.81 bits per heavy atom. The van der Waals surface area contributed by atoms with Crippen LogP contribution in [0.3, 0.4) is 0 Å². The van der Waals surface area contributed by atoms with Gasteiger partial charge in [0.1, 0.15) is 11.4 Å². The Balaban J connectivity index is 1.44. The largest absolute Gasteiger partial charge is 0.451 e. The first-order chi connectivity index (χ1) is 13.0. The number of rotatable bonds is 3. The third-order valence-corrected chi connectivity index (χ3v) is 5.41. The molecule has 1 amide bonds. The lowest BCUT2D eigenvalue weighted by Gasteiger charge is -2.34. The van der Waals surface area contributed by atoms with Crippen molar-refractivity contribution in [2.24, 2.45) is 0 Å². The molecule has 0 bridgehead atoms. The maximum Gasteiger partial charge on any atom is 0.289 e. The van der Waals surface area contributed by atoms with Gasteiger partial charge in [-0.05, 0) is 43.2 Å². The van der Waals surface area contributed by atoms with Crippen LogP contribution >= 0.6 is 0 Å². The van der Waals surface area contributed by atoms with Crippen molar-refractivity contribution in [1.82, 2.24) is 9.80 Å². The van der Waals surface area contributed by atoms with Crippen LogP contribution in [-0.4, -0.2) is 41.9 Å². The van der Waals surface area contributed by atoms with E-state index in [1.807, 2.05) is 11.8 Å². The summed E-state index contributed by atoms with van der Waals surface area (Å²) in [7, 11) is 0. The first-order valence-electron chi connectivity index (χ1n) is 9.28. The summed E-state index contributed by atoms with van der Waals surface area (Å²) < 4.78 is 19.2. The second kappa shape index (κ2) is 7.16. The molecule has 0 radical (unpaired) electrons. The fourth-order valence-electron chi connectivity index (χ4n) is 3.68. The number of hydrogen-bond donors (Lipinski definition) is 0.